The van der Waals surface area contributed by atoms with Crippen LogP contribution in [0, 0.1) is 0 Å². The highest BCUT2D eigenvalue weighted by molar-refractivity contribution is 7.66. The van der Waals surface area contributed by atoms with Gasteiger partial charge in [0, 0.05) is 4.91 Å². The molecule has 0 aliphatic carbocycles. The van der Waals surface area contributed by atoms with Crippen molar-refractivity contribution in [1.82, 2.24) is 19.5 Å². The molecule has 3 unspecified atom stereocenters. The number of hydrogen-bond acceptors (Lipinski definition) is 15. The van der Waals surface area contributed by atoms with Gasteiger partial charge in [0.25, 0.3) is 5.56 Å². The number of rotatable bonds is 10. The summed E-state index contributed by atoms with van der Waals surface area (Å²) in [5.74, 6) is -0.351. The maximum atomic E-state index is 12.1. The minimum Gasteiger partial charge on any atom is -0.399 e. The van der Waals surface area contributed by atoms with Gasteiger partial charge in [-0.3, -0.25) is 14.3 Å². The molecule has 0 amide bonds. The molecule has 2 aromatic rings. The van der Waals surface area contributed by atoms with Gasteiger partial charge >= 0.3 is 23.5 Å². The second kappa shape index (κ2) is 10.1. The largest absolute Gasteiger partial charge is 0.490 e. The highest BCUT2D eigenvalue weighted by Gasteiger charge is 2.52. The number of phosphoric ester groups is 1. The summed E-state index contributed by atoms with van der Waals surface area (Å²) >= 11 is 0. The lowest BCUT2D eigenvalue weighted by atomic mass is 10.1. The molecule has 0 bridgehead atoms. The molecule has 2 aromatic heterocycles. The van der Waals surface area contributed by atoms with Crippen LogP contribution >= 0.6 is 23.5 Å². The third kappa shape index (κ3) is 6.45. The fourth-order valence-electron chi connectivity index (χ4n) is 2.91. The van der Waals surface area contributed by atoms with Crippen LogP contribution in [0.1, 0.15) is 6.23 Å². The van der Waals surface area contributed by atoms with Gasteiger partial charge < -0.3 is 45.1 Å². The summed E-state index contributed by atoms with van der Waals surface area (Å²) in [6, 6.07) is 0. The van der Waals surface area contributed by atoms with Gasteiger partial charge in [-0.15, -0.1) is 0 Å². The van der Waals surface area contributed by atoms with Gasteiger partial charge in [0.05, 0.1) is 6.33 Å². The Hall–Kier alpha value is -2.45. The number of H-pyrrole nitrogens is 1. The average Bonchev–Trinajstić information content (AvgIpc) is 3.24. The van der Waals surface area contributed by atoms with E-state index < -0.39 is 59.9 Å². The molecule has 1 aliphatic heterocycles. The van der Waals surface area contributed by atoms with E-state index in [4.69, 9.17) is 25.8 Å². The summed E-state index contributed by atoms with van der Waals surface area (Å²) in [6.45, 7) is 0. The Kier molecular flexibility index (Phi) is 7.92. The molecule has 1 saturated heterocycles. The number of nitrogens with zero attached hydrogens (tertiary/aromatic N) is 6. The van der Waals surface area contributed by atoms with E-state index in [1.807, 2.05) is 0 Å². The first kappa shape index (κ1) is 28.1. The number of nitrogens with two attached hydrogens (primary N) is 1. The van der Waals surface area contributed by atoms with Crippen molar-refractivity contribution in [3.05, 3.63) is 27.1 Å². The van der Waals surface area contributed by atoms with E-state index >= 15 is 0 Å². The number of ether oxygens (including phenoxy) is 1. The molecule has 7 atom stereocenters. The van der Waals surface area contributed by atoms with Crippen molar-refractivity contribution in [1.29, 1.82) is 0 Å². The SMILES string of the molecule is [N-]=[N+]=NOC(OP(=O)(O)OP(=O)(O)OP(=O)(O)O)[C@H]1O[C@@H](n2cnc3c(=O)[nH]c(N)nc32)[C@H](O)[C@@H]1O. The second-order valence-corrected chi connectivity index (χ2v) is 11.0. The fraction of sp³-hybridized carbons (Fsp3) is 0.500. The number of imidazole rings is 1. The van der Waals surface area contributed by atoms with E-state index in [9.17, 15) is 38.5 Å². The van der Waals surface area contributed by atoms with Crippen LogP contribution in [0.5, 0.6) is 0 Å². The number of aliphatic hydroxyl groups excluding tert-OH is 2. The zero-order valence-corrected chi connectivity index (χ0v) is 19.6. The molecule has 0 radical (unpaired) electrons. The molecule has 0 spiro atoms. The van der Waals surface area contributed by atoms with E-state index in [1.54, 1.807) is 0 Å². The van der Waals surface area contributed by atoms with Crippen LogP contribution in [-0.4, -0.2) is 73.9 Å². The van der Waals surface area contributed by atoms with Crippen molar-refractivity contribution < 1.29 is 66.2 Å². The van der Waals surface area contributed by atoms with Gasteiger partial charge in [-0.25, -0.2) is 23.2 Å². The van der Waals surface area contributed by atoms with Gasteiger partial charge in [0.2, 0.25) is 12.2 Å². The van der Waals surface area contributed by atoms with E-state index in [0.717, 1.165) is 10.9 Å². The molecular weight excluding hydrogens is 565 g/mol. The number of phosphoric acid groups is 3. The molecular formula is C10H15N8O15P3. The number of aromatic nitrogens is 4. The average molecular weight is 580 g/mol. The number of fused-ring (bicyclic) bond motifs is 1. The van der Waals surface area contributed by atoms with Crippen molar-refractivity contribution >= 4 is 40.6 Å². The van der Waals surface area contributed by atoms with Crippen molar-refractivity contribution in [3.63, 3.8) is 0 Å². The van der Waals surface area contributed by atoms with E-state index in [1.165, 1.54) is 0 Å². The number of nitrogen functional groups attached to an aromatic ring is 1. The number of azide groups is 1. The highest BCUT2D eigenvalue weighted by atomic mass is 31.3. The third-order valence-electron chi connectivity index (χ3n) is 4.11. The van der Waals surface area contributed by atoms with Crippen molar-refractivity contribution in [2.75, 3.05) is 5.73 Å². The molecule has 36 heavy (non-hydrogen) atoms. The van der Waals surface area contributed by atoms with Gasteiger partial charge in [0.1, 0.15) is 17.5 Å². The van der Waals surface area contributed by atoms with E-state index in [0.29, 0.717) is 0 Å². The topological polar surface area (TPSA) is 357 Å². The van der Waals surface area contributed by atoms with Crippen LogP contribution in [0.3, 0.4) is 0 Å². The summed E-state index contributed by atoms with van der Waals surface area (Å²) < 4.78 is 52.2. The van der Waals surface area contributed by atoms with Crippen LogP contribution in [0.25, 0.3) is 21.6 Å². The lowest BCUT2D eigenvalue weighted by Gasteiger charge is -2.25. The summed E-state index contributed by atoms with van der Waals surface area (Å²) in [5.41, 5.74) is 12.7. The van der Waals surface area contributed by atoms with Crippen molar-refractivity contribution in [2.24, 2.45) is 5.28 Å². The summed E-state index contributed by atoms with van der Waals surface area (Å²) in [7, 11) is -17.5. The Morgan fingerprint density at radius 2 is 1.86 bits per heavy atom. The predicted octanol–water partition coefficient (Wildman–Crippen LogP) is -1.77. The minimum atomic E-state index is -5.94. The van der Waals surface area contributed by atoms with Crippen LogP contribution < -0.4 is 11.3 Å². The first-order valence-electron chi connectivity index (χ1n) is 8.80. The van der Waals surface area contributed by atoms with Crippen LogP contribution in [0.4, 0.5) is 5.95 Å². The van der Waals surface area contributed by atoms with Crippen molar-refractivity contribution in [2.45, 2.75) is 30.8 Å². The van der Waals surface area contributed by atoms with Crippen LogP contribution in [-0.2, 0) is 36.4 Å². The minimum absolute atomic E-state index is 0.228. The summed E-state index contributed by atoms with van der Waals surface area (Å²) in [4.78, 5) is 64.5. The van der Waals surface area contributed by atoms with Gasteiger partial charge in [-0.05, 0) is 5.53 Å². The van der Waals surface area contributed by atoms with Crippen LogP contribution in [0.2, 0.25) is 0 Å². The van der Waals surface area contributed by atoms with Crippen LogP contribution in [0.15, 0.2) is 16.4 Å². The molecule has 23 nitrogen and oxygen atoms in total. The first-order chi connectivity index (χ1) is 16.5. The van der Waals surface area contributed by atoms with E-state index in [2.05, 4.69) is 43.1 Å². The molecule has 1 fully saturated rings. The predicted molar refractivity (Wildman–Crippen MR) is 107 cm³/mol. The van der Waals surface area contributed by atoms with Gasteiger partial charge in [0.15, 0.2) is 23.5 Å². The van der Waals surface area contributed by atoms with Crippen molar-refractivity contribution in [3.8, 4) is 0 Å². The second-order valence-electron chi connectivity index (χ2n) is 6.59. The highest BCUT2D eigenvalue weighted by Crippen LogP contribution is 2.66. The number of anilines is 1. The molecule has 3 heterocycles. The molecule has 200 valence electrons. The quantitative estimate of drug-likeness (QED) is 0.0385. The Morgan fingerprint density at radius 3 is 2.47 bits per heavy atom. The Morgan fingerprint density at radius 1 is 1.19 bits per heavy atom. The fourth-order valence-corrected chi connectivity index (χ4v) is 5.99. The number of aromatic amines is 1. The lowest BCUT2D eigenvalue weighted by Crippen LogP contribution is -2.40. The Bertz CT molecular complexity index is 1380. The normalized spacial score (nSPS) is 26.6. The molecule has 3 rings (SSSR count). The van der Waals surface area contributed by atoms with Gasteiger partial charge in [-0.1, -0.05) is 0 Å². The molecule has 9 N–H and O–H groups in total. The summed E-state index contributed by atoms with van der Waals surface area (Å²) in [6.07, 6.45) is -9.18. The van der Waals surface area contributed by atoms with Gasteiger partial charge in [-0.2, -0.15) is 13.6 Å². The molecule has 0 aromatic carbocycles. The maximum Gasteiger partial charge on any atom is 0.490 e. The number of hydrogen-bond donors (Lipinski definition) is 8. The third-order valence-corrected chi connectivity index (χ3v) is 7.91. The Balaban J connectivity index is 1.89. The monoisotopic (exact) mass is 580 g/mol. The first-order valence-corrected chi connectivity index (χ1v) is 13.3. The maximum absolute atomic E-state index is 12.1. The zero-order chi connectivity index (χ0) is 27.1. The summed E-state index contributed by atoms with van der Waals surface area (Å²) in [5, 5.41) is 23.4. The Labute approximate surface area is 196 Å². The lowest BCUT2D eigenvalue weighted by molar-refractivity contribution is -0.189. The number of nitrogens with one attached hydrogen (secondary N) is 1. The van der Waals surface area contributed by atoms with E-state index in [-0.39, 0.29) is 17.1 Å². The standard InChI is InChI=1S/C10H15N8O15P3/c11-10-14-6-2(7(21)15-10)13-1-18(6)8-4(20)3(19)5(29-8)9(30-17-16-12)31-35(25,26)33-36(27,28)32-34(22,23)24/h1,3-5,8-9,19-20H,(H,25,26)(H,27,28)(H2,22,23,24)(H3,11,14,15,21)/t3-,4+,5-,8+,9?/m0/s1. The zero-order valence-electron chi connectivity index (χ0n) is 16.9. The molecule has 26 heteroatoms. The molecule has 1 aliphatic rings. The number of aliphatic hydroxyl groups is 2. The molecule has 0 saturated carbocycles. The smallest absolute Gasteiger partial charge is 0.399 e.